The number of rotatable bonds is 8. The molecule has 0 fully saturated rings. The molecule has 0 radical (unpaired) electrons. The van der Waals surface area contributed by atoms with Crippen LogP contribution >= 0.6 is 0 Å². The minimum Gasteiger partial charge on any atom is -0.481 e. The number of aliphatic carboxylic acids is 1. The molecule has 1 amide bonds. The Morgan fingerprint density at radius 1 is 1.35 bits per heavy atom. The fourth-order valence-electron chi connectivity index (χ4n) is 1.78. The summed E-state index contributed by atoms with van der Waals surface area (Å²) in [6.45, 7) is 4.71. The Kier molecular flexibility index (Phi) is 5.76. The van der Waals surface area contributed by atoms with Crippen molar-refractivity contribution in [1.82, 2.24) is 5.32 Å². The van der Waals surface area contributed by atoms with E-state index in [1.54, 1.807) is 12.1 Å². The monoisotopic (exact) mass is 282 g/mol. The molecule has 0 spiro atoms. The maximum atomic E-state index is 11.8. The molecular formula is C14H22N2O4. The molecular weight excluding hydrogens is 260 g/mol. The summed E-state index contributed by atoms with van der Waals surface area (Å²) in [5.41, 5.74) is 5.28. The number of carboxylic acid groups (broad SMARTS) is 1. The molecule has 0 bridgehead atoms. The van der Waals surface area contributed by atoms with E-state index in [9.17, 15) is 9.59 Å². The van der Waals surface area contributed by atoms with Gasteiger partial charge in [0.15, 0.2) is 5.76 Å². The molecule has 1 aromatic rings. The predicted octanol–water partition coefficient (Wildman–Crippen LogP) is 1.75. The van der Waals surface area contributed by atoms with E-state index in [1.807, 2.05) is 13.8 Å². The number of carboxylic acids is 1. The maximum absolute atomic E-state index is 11.8. The Labute approximate surface area is 118 Å². The predicted molar refractivity (Wildman–Crippen MR) is 74.2 cm³/mol. The van der Waals surface area contributed by atoms with E-state index in [2.05, 4.69) is 5.32 Å². The van der Waals surface area contributed by atoms with Gasteiger partial charge in [-0.3, -0.25) is 9.59 Å². The number of hydrogen-bond donors (Lipinski definition) is 3. The summed E-state index contributed by atoms with van der Waals surface area (Å²) in [5.74, 6) is -0.267. The molecule has 1 rings (SSSR count). The topological polar surface area (TPSA) is 106 Å². The Balaban J connectivity index is 2.35. The first-order valence-corrected chi connectivity index (χ1v) is 6.63. The van der Waals surface area contributed by atoms with Gasteiger partial charge in [0.25, 0.3) is 5.91 Å². The molecule has 4 N–H and O–H groups in total. The first-order valence-electron chi connectivity index (χ1n) is 6.63. The van der Waals surface area contributed by atoms with Gasteiger partial charge in [-0.25, -0.2) is 0 Å². The summed E-state index contributed by atoms with van der Waals surface area (Å²) in [4.78, 5) is 22.3. The third-order valence-electron chi connectivity index (χ3n) is 3.19. The standard InChI is InChI=1S/C14H22N2O4/c1-14(2,6-5-12(17)18)7-8-16-13(19)11-4-3-10(9-15)20-11/h3-4H,5-9,15H2,1-2H3,(H,16,19)(H,17,18). The lowest BCUT2D eigenvalue weighted by Crippen LogP contribution is -2.28. The van der Waals surface area contributed by atoms with Gasteiger partial charge >= 0.3 is 5.97 Å². The van der Waals surface area contributed by atoms with Crippen LogP contribution in [-0.4, -0.2) is 23.5 Å². The summed E-state index contributed by atoms with van der Waals surface area (Å²) in [6, 6.07) is 3.26. The van der Waals surface area contributed by atoms with E-state index >= 15 is 0 Å². The smallest absolute Gasteiger partial charge is 0.303 e. The average molecular weight is 282 g/mol. The second-order valence-electron chi connectivity index (χ2n) is 5.53. The van der Waals surface area contributed by atoms with Crippen molar-refractivity contribution in [3.8, 4) is 0 Å². The van der Waals surface area contributed by atoms with Crippen LogP contribution in [0.2, 0.25) is 0 Å². The van der Waals surface area contributed by atoms with E-state index in [1.165, 1.54) is 0 Å². The minimum absolute atomic E-state index is 0.128. The van der Waals surface area contributed by atoms with Crippen molar-refractivity contribution in [2.75, 3.05) is 6.54 Å². The van der Waals surface area contributed by atoms with Crippen LogP contribution in [0.25, 0.3) is 0 Å². The third-order valence-corrected chi connectivity index (χ3v) is 3.19. The summed E-state index contributed by atoms with van der Waals surface area (Å²) >= 11 is 0. The van der Waals surface area contributed by atoms with E-state index in [0.717, 1.165) is 0 Å². The van der Waals surface area contributed by atoms with Crippen LogP contribution in [0, 0.1) is 5.41 Å². The van der Waals surface area contributed by atoms with E-state index in [0.29, 0.717) is 25.1 Å². The van der Waals surface area contributed by atoms with Gasteiger partial charge in [-0.2, -0.15) is 0 Å². The van der Waals surface area contributed by atoms with Gasteiger partial charge in [0.1, 0.15) is 5.76 Å². The van der Waals surface area contributed by atoms with Crippen LogP contribution in [-0.2, 0) is 11.3 Å². The zero-order valence-electron chi connectivity index (χ0n) is 11.9. The average Bonchev–Trinajstić information content (AvgIpc) is 2.85. The van der Waals surface area contributed by atoms with Gasteiger partial charge in [0.05, 0.1) is 6.54 Å². The van der Waals surface area contributed by atoms with E-state index in [-0.39, 0.29) is 30.0 Å². The highest BCUT2D eigenvalue weighted by atomic mass is 16.4. The van der Waals surface area contributed by atoms with Crippen molar-refractivity contribution >= 4 is 11.9 Å². The van der Waals surface area contributed by atoms with Crippen molar-refractivity contribution < 1.29 is 19.1 Å². The molecule has 0 aromatic carbocycles. The number of carbonyl (C=O) groups is 2. The van der Waals surface area contributed by atoms with Gasteiger partial charge in [-0.15, -0.1) is 0 Å². The molecule has 6 nitrogen and oxygen atoms in total. The normalized spacial score (nSPS) is 11.3. The van der Waals surface area contributed by atoms with Gasteiger partial charge in [-0.05, 0) is 30.4 Å². The Morgan fingerprint density at radius 3 is 2.60 bits per heavy atom. The molecule has 0 aliphatic carbocycles. The molecule has 0 unspecified atom stereocenters. The Hall–Kier alpha value is -1.82. The molecule has 0 saturated heterocycles. The fourth-order valence-corrected chi connectivity index (χ4v) is 1.78. The largest absolute Gasteiger partial charge is 0.481 e. The van der Waals surface area contributed by atoms with Gasteiger partial charge in [-0.1, -0.05) is 13.8 Å². The zero-order valence-corrected chi connectivity index (χ0v) is 11.9. The molecule has 0 saturated carbocycles. The highest BCUT2D eigenvalue weighted by molar-refractivity contribution is 5.91. The number of hydrogen-bond acceptors (Lipinski definition) is 4. The highest BCUT2D eigenvalue weighted by Crippen LogP contribution is 2.26. The second-order valence-corrected chi connectivity index (χ2v) is 5.53. The molecule has 1 aromatic heterocycles. The van der Waals surface area contributed by atoms with Crippen LogP contribution in [0.15, 0.2) is 16.5 Å². The molecule has 1 heterocycles. The minimum atomic E-state index is -0.799. The van der Waals surface area contributed by atoms with Crippen molar-refractivity contribution in [3.05, 3.63) is 23.7 Å². The third kappa shape index (κ3) is 5.44. The van der Waals surface area contributed by atoms with Gasteiger partial charge in [0, 0.05) is 13.0 Å². The molecule has 112 valence electrons. The molecule has 0 aliphatic heterocycles. The first-order chi connectivity index (χ1) is 9.34. The van der Waals surface area contributed by atoms with Crippen molar-refractivity contribution in [2.24, 2.45) is 11.1 Å². The lowest BCUT2D eigenvalue weighted by molar-refractivity contribution is -0.137. The van der Waals surface area contributed by atoms with Crippen LogP contribution < -0.4 is 11.1 Å². The Morgan fingerprint density at radius 2 is 2.05 bits per heavy atom. The van der Waals surface area contributed by atoms with Crippen LogP contribution in [0.1, 0.15) is 49.4 Å². The lowest BCUT2D eigenvalue weighted by atomic mass is 9.84. The summed E-state index contributed by atoms with van der Waals surface area (Å²) in [5, 5.41) is 11.4. The fraction of sp³-hybridized carbons (Fsp3) is 0.571. The number of amides is 1. The number of nitrogens with two attached hydrogens (primary N) is 1. The quantitative estimate of drug-likeness (QED) is 0.673. The SMILES string of the molecule is CC(C)(CCNC(=O)c1ccc(CN)o1)CCC(=O)O. The number of carbonyl (C=O) groups excluding carboxylic acids is 1. The van der Waals surface area contributed by atoms with Crippen molar-refractivity contribution in [1.29, 1.82) is 0 Å². The summed E-state index contributed by atoms with van der Waals surface area (Å²) in [7, 11) is 0. The molecule has 6 heteroatoms. The van der Waals surface area contributed by atoms with Gasteiger partial charge in [0.2, 0.25) is 0 Å². The van der Waals surface area contributed by atoms with Crippen LogP contribution in [0.4, 0.5) is 0 Å². The zero-order chi connectivity index (χ0) is 15.2. The lowest BCUT2D eigenvalue weighted by Gasteiger charge is -2.23. The van der Waals surface area contributed by atoms with E-state index < -0.39 is 5.97 Å². The summed E-state index contributed by atoms with van der Waals surface area (Å²) in [6.07, 6.45) is 1.42. The van der Waals surface area contributed by atoms with Crippen LogP contribution in [0.3, 0.4) is 0 Å². The van der Waals surface area contributed by atoms with Gasteiger partial charge < -0.3 is 20.6 Å². The van der Waals surface area contributed by atoms with Crippen LogP contribution in [0.5, 0.6) is 0 Å². The maximum Gasteiger partial charge on any atom is 0.303 e. The highest BCUT2D eigenvalue weighted by Gasteiger charge is 2.19. The second kappa shape index (κ2) is 7.09. The van der Waals surface area contributed by atoms with E-state index in [4.69, 9.17) is 15.3 Å². The van der Waals surface area contributed by atoms with Crippen molar-refractivity contribution in [3.63, 3.8) is 0 Å². The molecule has 20 heavy (non-hydrogen) atoms. The Bertz CT molecular complexity index is 465. The molecule has 0 atom stereocenters. The summed E-state index contributed by atoms with van der Waals surface area (Å²) < 4.78 is 5.24. The number of furan rings is 1. The number of nitrogens with one attached hydrogen (secondary N) is 1. The first kappa shape index (κ1) is 16.2. The van der Waals surface area contributed by atoms with Crippen molar-refractivity contribution in [2.45, 2.75) is 39.7 Å². The molecule has 0 aliphatic rings.